The molecule has 0 radical (unpaired) electrons. The molecule has 1 fully saturated rings. The minimum absolute atomic E-state index is 0.0606. The van der Waals surface area contributed by atoms with Gasteiger partial charge in [0.1, 0.15) is 0 Å². The van der Waals surface area contributed by atoms with Crippen LogP contribution in [0, 0.1) is 13.8 Å². The standard InChI is InChI=1S/C12H16BrN/c1-8-4-5-10(13)11(9(8)2)12(14)6-3-7-12/h4-5H,3,6-7,14H2,1-2H3. The molecule has 1 aromatic carbocycles. The summed E-state index contributed by atoms with van der Waals surface area (Å²) in [5.41, 5.74) is 10.3. The highest BCUT2D eigenvalue weighted by molar-refractivity contribution is 9.10. The van der Waals surface area contributed by atoms with E-state index < -0.39 is 0 Å². The molecule has 0 aromatic heterocycles. The maximum absolute atomic E-state index is 6.36. The lowest BCUT2D eigenvalue weighted by Gasteiger charge is -2.40. The highest BCUT2D eigenvalue weighted by atomic mass is 79.9. The number of aryl methyl sites for hydroxylation is 1. The SMILES string of the molecule is Cc1ccc(Br)c(C2(N)CCC2)c1C. The lowest BCUT2D eigenvalue weighted by atomic mass is 9.71. The average Bonchev–Trinajstić information content (AvgIpc) is 2.09. The smallest absolute Gasteiger partial charge is 0.0423 e. The summed E-state index contributed by atoms with van der Waals surface area (Å²) in [7, 11) is 0. The molecule has 0 bridgehead atoms. The minimum Gasteiger partial charge on any atom is -0.321 e. The summed E-state index contributed by atoms with van der Waals surface area (Å²) < 4.78 is 1.17. The lowest BCUT2D eigenvalue weighted by Crippen LogP contribution is -2.44. The van der Waals surface area contributed by atoms with E-state index in [0.29, 0.717) is 0 Å². The van der Waals surface area contributed by atoms with E-state index in [1.807, 2.05) is 0 Å². The maximum Gasteiger partial charge on any atom is 0.0423 e. The Kier molecular flexibility index (Phi) is 2.44. The first-order chi connectivity index (χ1) is 6.54. The molecule has 0 unspecified atom stereocenters. The Hall–Kier alpha value is -0.340. The summed E-state index contributed by atoms with van der Waals surface area (Å²) in [5.74, 6) is 0. The minimum atomic E-state index is -0.0606. The van der Waals surface area contributed by atoms with Gasteiger partial charge in [0.05, 0.1) is 0 Å². The fourth-order valence-corrected chi connectivity index (χ4v) is 3.03. The molecule has 1 aliphatic carbocycles. The van der Waals surface area contributed by atoms with Crippen molar-refractivity contribution in [3.05, 3.63) is 33.3 Å². The Labute approximate surface area is 93.8 Å². The molecular weight excluding hydrogens is 238 g/mol. The third-order valence-electron chi connectivity index (χ3n) is 3.43. The van der Waals surface area contributed by atoms with Crippen LogP contribution in [-0.4, -0.2) is 0 Å². The van der Waals surface area contributed by atoms with Crippen LogP contribution < -0.4 is 5.73 Å². The molecule has 2 heteroatoms. The molecule has 0 amide bonds. The average molecular weight is 254 g/mol. The van der Waals surface area contributed by atoms with Gasteiger partial charge in [-0.25, -0.2) is 0 Å². The molecule has 1 aliphatic rings. The van der Waals surface area contributed by atoms with Crippen LogP contribution >= 0.6 is 15.9 Å². The molecule has 1 saturated carbocycles. The van der Waals surface area contributed by atoms with Crippen molar-refractivity contribution in [3.63, 3.8) is 0 Å². The van der Waals surface area contributed by atoms with Crippen LogP contribution in [0.5, 0.6) is 0 Å². The summed E-state index contributed by atoms with van der Waals surface area (Å²) in [6, 6.07) is 4.26. The molecule has 2 rings (SSSR count). The van der Waals surface area contributed by atoms with E-state index in [1.165, 1.54) is 27.6 Å². The Morgan fingerprint density at radius 2 is 1.93 bits per heavy atom. The van der Waals surface area contributed by atoms with Crippen molar-refractivity contribution < 1.29 is 0 Å². The Bertz CT molecular complexity index is 367. The molecular formula is C12H16BrN. The predicted molar refractivity (Wildman–Crippen MR) is 63.3 cm³/mol. The number of nitrogens with two attached hydrogens (primary N) is 1. The molecule has 1 aromatic rings. The molecule has 0 saturated heterocycles. The lowest BCUT2D eigenvalue weighted by molar-refractivity contribution is 0.251. The highest BCUT2D eigenvalue weighted by Crippen LogP contribution is 2.43. The zero-order valence-corrected chi connectivity index (χ0v) is 10.3. The fourth-order valence-electron chi connectivity index (χ4n) is 2.20. The first kappa shape index (κ1) is 10.2. The largest absolute Gasteiger partial charge is 0.321 e. The van der Waals surface area contributed by atoms with Crippen molar-refractivity contribution in [2.45, 2.75) is 38.6 Å². The van der Waals surface area contributed by atoms with E-state index in [1.54, 1.807) is 0 Å². The number of hydrogen-bond acceptors (Lipinski definition) is 1. The maximum atomic E-state index is 6.36. The van der Waals surface area contributed by atoms with Crippen LogP contribution in [-0.2, 0) is 5.54 Å². The van der Waals surface area contributed by atoms with E-state index in [2.05, 4.69) is 41.9 Å². The summed E-state index contributed by atoms with van der Waals surface area (Å²) in [5, 5.41) is 0. The quantitative estimate of drug-likeness (QED) is 0.816. The van der Waals surface area contributed by atoms with Crippen LogP contribution in [0.15, 0.2) is 16.6 Å². The van der Waals surface area contributed by atoms with Crippen molar-refractivity contribution in [1.82, 2.24) is 0 Å². The fraction of sp³-hybridized carbons (Fsp3) is 0.500. The van der Waals surface area contributed by atoms with Gasteiger partial charge in [0.25, 0.3) is 0 Å². The second-order valence-corrected chi connectivity index (χ2v) is 5.23. The first-order valence-corrected chi connectivity index (χ1v) is 5.89. The summed E-state index contributed by atoms with van der Waals surface area (Å²) >= 11 is 3.61. The number of hydrogen-bond donors (Lipinski definition) is 1. The van der Waals surface area contributed by atoms with Crippen molar-refractivity contribution in [3.8, 4) is 0 Å². The van der Waals surface area contributed by atoms with Crippen LogP contribution in [0.1, 0.15) is 36.0 Å². The van der Waals surface area contributed by atoms with Crippen LogP contribution in [0.2, 0.25) is 0 Å². The molecule has 0 aliphatic heterocycles. The van der Waals surface area contributed by atoms with Gasteiger partial charge in [-0.3, -0.25) is 0 Å². The first-order valence-electron chi connectivity index (χ1n) is 5.10. The van der Waals surface area contributed by atoms with Crippen molar-refractivity contribution in [1.29, 1.82) is 0 Å². The molecule has 0 spiro atoms. The van der Waals surface area contributed by atoms with Gasteiger partial charge in [-0.15, -0.1) is 0 Å². The Morgan fingerprint density at radius 3 is 2.43 bits per heavy atom. The van der Waals surface area contributed by atoms with Gasteiger partial charge in [-0.05, 0) is 55.9 Å². The van der Waals surface area contributed by atoms with E-state index in [4.69, 9.17) is 5.73 Å². The van der Waals surface area contributed by atoms with Crippen LogP contribution in [0.4, 0.5) is 0 Å². The van der Waals surface area contributed by atoms with E-state index >= 15 is 0 Å². The zero-order valence-electron chi connectivity index (χ0n) is 8.73. The zero-order chi connectivity index (χ0) is 10.3. The van der Waals surface area contributed by atoms with Gasteiger partial charge in [-0.2, -0.15) is 0 Å². The number of benzene rings is 1. The predicted octanol–water partition coefficient (Wildman–Crippen LogP) is 3.40. The van der Waals surface area contributed by atoms with Crippen LogP contribution in [0.25, 0.3) is 0 Å². The molecule has 76 valence electrons. The van der Waals surface area contributed by atoms with Gasteiger partial charge in [0.2, 0.25) is 0 Å². The van der Waals surface area contributed by atoms with Gasteiger partial charge in [0, 0.05) is 10.0 Å². The monoisotopic (exact) mass is 253 g/mol. The second kappa shape index (κ2) is 3.35. The summed E-state index contributed by atoms with van der Waals surface area (Å²) in [6.07, 6.45) is 3.50. The molecule has 1 nitrogen and oxygen atoms in total. The molecule has 0 atom stereocenters. The second-order valence-electron chi connectivity index (χ2n) is 4.37. The number of halogens is 1. The third-order valence-corrected chi connectivity index (χ3v) is 4.09. The van der Waals surface area contributed by atoms with Gasteiger partial charge in [-0.1, -0.05) is 22.0 Å². The normalized spacial score (nSPS) is 19.1. The van der Waals surface area contributed by atoms with Gasteiger partial charge < -0.3 is 5.73 Å². The van der Waals surface area contributed by atoms with E-state index in [0.717, 1.165) is 12.8 Å². The molecule has 14 heavy (non-hydrogen) atoms. The van der Waals surface area contributed by atoms with E-state index in [9.17, 15) is 0 Å². The highest BCUT2D eigenvalue weighted by Gasteiger charge is 2.37. The molecule has 2 N–H and O–H groups in total. The Morgan fingerprint density at radius 1 is 1.29 bits per heavy atom. The summed E-state index contributed by atoms with van der Waals surface area (Å²) in [6.45, 7) is 4.32. The van der Waals surface area contributed by atoms with Crippen molar-refractivity contribution in [2.24, 2.45) is 5.73 Å². The number of rotatable bonds is 1. The third kappa shape index (κ3) is 1.41. The summed E-state index contributed by atoms with van der Waals surface area (Å²) in [4.78, 5) is 0. The van der Waals surface area contributed by atoms with Crippen molar-refractivity contribution >= 4 is 15.9 Å². The Balaban J connectivity index is 2.56. The van der Waals surface area contributed by atoms with Gasteiger partial charge in [0.15, 0.2) is 0 Å². The topological polar surface area (TPSA) is 26.0 Å². The molecule has 0 heterocycles. The van der Waals surface area contributed by atoms with Gasteiger partial charge >= 0.3 is 0 Å². The van der Waals surface area contributed by atoms with Crippen molar-refractivity contribution in [2.75, 3.05) is 0 Å². The van der Waals surface area contributed by atoms with E-state index in [-0.39, 0.29) is 5.54 Å². The van der Waals surface area contributed by atoms with Crippen LogP contribution in [0.3, 0.4) is 0 Å².